The van der Waals surface area contributed by atoms with Crippen molar-refractivity contribution in [2.75, 3.05) is 5.32 Å². The number of rotatable bonds is 4. The SMILES string of the molecule is FC(F)(F)c1ccccc1.O=C(Nc1c[nH]c2ccc(OC3CCC3)cc12)C12CC1C2. The molecule has 0 unspecified atom stereocenters. The monoisotopic (exact) mass is 428 g/mol. The summed E-state index contributed by atoms with van der Waals surface area (Å²) in [6, 6.07) is 12.4. The topological polar surface area (TPSA) is 54.1 Å². The molecule has 2 aromatic carbocycles. The van der Waals surface area contributed by atoms with E-state index in [1.807, 2.05) is 24.4 Å². The number of benzene rings is 2. The second kappa shape index (κ2) is 7.32. The number of alkyl halides is 3. The molecular formula is C24H23F3N2O2. The maximum atomic E-state index is 12.2. The highest BCUT2D eigenvalue weighted by Crippen LogP contribution is 2.75. The van der Waals surface area contributed by atoms with Crippen LogP contribution in [0.5, 0.6) is 5.75 Å². The molecule has 3 saturated carbocycles. The second-order valence-electron chi connectivity index (χ2n) is 8.66. The van der Waals surface area contributed by atoms with Crippen LogP contribution in [-0.4, -0.2) is 17.0 Å². The van der Waals surface area contributed by atoms with Crippen molar-refractivity contribution < 1.29 is 22.7 Å². The number of nitrogens with one attached hydrogen (secondary N) is 2. The number of H-pyrrole nitrogens is 1. The summed E-state index contributed by atoms with van der Waals surface area (Å²) in [5.74, 6) is 1.76. The number of aromatic nitrogens is 1. The maximum Gasteiger partial charge on any atom is 0.416 e. The lowest BCUT2D eigenvalue weighted by Crippen LogP contribution is -2.24. The Kier molecular flexibility index (Phi) is 4.72. The Balaban J connectivity index is 0.000000174. The molecule has 3 aliphatic rings. The van der Waals surface area contributed by atoms with Crippen molar-refractivity contribution in [3.05, 3.63) is 60.3 Å². The van der Waals surface area contributed by atoms with Crippen LogP contribution in [-0.2, 0) is 11.0 Å². The van der Waals surface area contributed by atoms with Gasteiger partial charge in [0.2, 0.25) is 5.91 Å². The third-order valence-corrected chi connectivity index (χ3v) is 6.49. The summed E-state index contributed by atoms with van der Waals surface area (Å²) in [6.45, 7) is 0. The van der Waals surface area contributed by atoms with E-state index in [2.05, 4.69) is 10.3 Å². The van der Waals surface area contributed by atoms with Crippen molar-refractivity contribution in [3.8, 4) is 5.75 Å². The Morgan fingerprint density at radius 1 is 1.10 bits per heavy atom. The average Bonchev–Trinajstić information content (AvgIpc) is 3.56. The Bertz CT molecular complexity index is 1100. The van der Waals surface area contributed by atoms with Gasteiger partial charge in [0, 0.05) is 17.1 Å². The summed E-state index contributed by atoms with van der Waals surface area (Å²) in [5, 5.41) is 4.13. The van der Waals surface area contributed by atoms with Gasteiger partial charge < -0.3 is 15.0 Å². The van der Waals surface area contributed by atoms with E-state index in [-0.39, 0.29) is 11.3 Å². The minimum atomic E-state index is -4.21. The predicted octanol–water partition coefficient (Wildman–Crippen LogP) is 6.15. The molecule has 31 heavy (non-hydrogen) atoms. The minimum absolute atomic E-state index is 0.00360. The van der Waals surface area contributed by atoms with E-state index in [0.717, 1.165) is 60.2 Å². The van der Waals surface area contributed by atoms with Crippen LogP contribution in [0.25, 0.3) is 10.9 Å². The molecule has 0 aliphatic heterocycles. The number of hydrogen-bond acceptors (Lipinski definition) is 2. The van der Waals surface area contributed by atoms with Gasteiger partial charge in [-0.05, 0) is 56.2 Å². The number of carbonyl (C=O) groups excluding carboxylic acids is 1. The van der Waals surface area contributed by atoms with Gasteiger partial charge in [0.15, 0.2) is 0 Å². The molecule has 162 valence electrons. The number of carbonyl (C=O) groups is 1. The van der Waals surface area contributed by atoms with E-state index in [0.29, 0.717) is 12.0 Å². The quantitative estimate of drug-likeness (QED) is 0.523. The highest BCUT2D eigenvalue weighted by Gasteiger charge is 2.74. The summed E-state index contributed by atoms with van der Waals surface area (Å²) in [7, 11) is 0. The molecule has 1 aromatic heterocycles. The third-order valence-electron chi connectivity index (χ3n) is 6.49. The van der Waals surface area contributed by atoms with Gasteiger partial charge in [0.1, 0.15) is 5.75 Å². The van der Waals surface area contributed by atoms with Crippen LogP contribution < -0.4 is 10.1 Å². The Morgan fingerprint density at radius 2 is 1.81 bits per heavy atom. The van der Waals surface area contributed by atoms with Gasteiger partial charge in [-0.3, -0.25) is 4.79 Å². The molecule has 3 fully saturated rings. The largest absolute Gasteiger partial charge is 0.490 e. The first-order valence-corrected chi connectivity index (χ1v) is 10.6. The molecule has 0 atom stereocenters. The van der Waals surface area contributed by atoms with E-state index in [1.54, 1.807) is 6.07 Å². The van der Waals surface area contributed by atoms with Gasteiger partial charge in [0.05, 0.1) is 22.8 Å². The van der Waals surface area contributed by atoms with E-state index >= 15 is 0 Å². The van der Waals surface area contributed by atoms with Crippen molar-refractivity contribution >= 4 is 22.5 Å². The number of amides is 1. The van der Waals surface area contributed by atoms with Gasteiger partial charge in [-0.2, -0.15) is 13.2 Å². The number of fused-ring (bicyclic) bond motifs is 2. The molecule has 6 rings (SSSR count). The lowest BCUT2D eigenvalue weighted by atomic mass is 9.96. The fourth-order valence-electron chi connectivity index (χ4n) is 3.90. The van der Waals surface area contributed by atoms with Crippen LogP contribution in [0.2, 0.25) is 0 Å². The number of ether oxygens (including phenoxy) is 1. The summed E-state index contributed by atoms with van der Waals surface area (Å²) < 4.78 is 41.3. The Labute approximate surface area is 177 Å². The minimum Gasteiger partial charge on any atom is -0.490 e. The van der Waals surface area contributed by atoms with Crippen molar-refractivity contribution in [3.63, 3.8) is 0 Å². The maximum absolute atomic E-state index is 12.2. The van der Waals surface area contributed by atoms with Gasteiger partial charge in [-0.15, -0.1) is 0 Å². The fourth-order valence-corrected chi connectivity index (χ4v) is 3.90. The lowest BCUT2D eigenvalue weighted by molar-refractivity contribution is -0.137. The van der Waals surface area contributed by atoms with E-state index in [9.17, 15) is 18.0 Å². The highest BCUT2D eigenvalue weighted by molar-refractivity contribution is 6.06. The number of halogens is 3. The zero-order valence-corrected chi connectivity index (χ0v) is 16.8. The number of aromatic amines is 1. The van der Waals surface area contributed by atoms with E-state index in [1.165, 1.54) is 18.6 Å². The van der Waals surface area contributed by atoms with Crippen LogP contribution in [0.4, 0.5) is 18.9 Å². The second-order valence-corrected chi connectivity index (χ2v) is 8.66. The summed E-state index contributed by atoms with van der Waals surface area (Å²) in [6.07, 6.45) is 3.78. The number of anilines is 1. The molecule has 1 amide bonds. The molecule has 7 heteroatoms. The van der Waals surface area contributed by atoms with Crippen LogP contribution in [0, 0.1) is 11.3 Å². The van der Waals surface area contributed by atoms with Crippen molar-refractivity contribution in [1.82, 2.24) is 4.98 Å². The summed E-state index contributed by atoms with van der Waals surface area (Å²) in [4.78, 5) is 15.5. The van der Waals surface area contributed by atoms with Gasteiger partial charge in [-0.1, -0.05) is 30.3 Å². The van der Waals surface area contributed by atoms with Gasteiger partial charge in [0.25, 0.3) is 0 Å². The smallest absolute Gasteiger partial charge is 0.416 e. The average molecular weight is 428 g/mol. The predicted molar refractivity (Wildman–Crippen MR) is 112 cm³/mol. The first-order chi connectivity index (χ1) is 14.8. The molecule has 0 spiro atoms. The Hall–Kier alpha value is -2.96. The normalized spacial score (nSPS) is 23.8. The standard InChI is InChI=1S/C17H18N2O2.C7H5F3/c20-16(17-7-10(17)8-17)19-15-9-18-14-5-4-12(6-13(14)15)21-11-2-1-3-11;8-7(9,10)6-4-2-1-3-5-6/h4-6,9-11,18H,1-3,7-8H2,(H,19,20);1-5H. The van der Waals surface area contributed by atoms with Crippen molar-refractivity contribution in [2.45, 2.75) is 44.4 Å². The fraction of sp³-hybridized carbons (Fsp3) is 0.375. The molecule has 3 aliphatic carbocycles. The molecule has 2 N–H and O–H groups in total. The molecule has 0 bridgehead atoms. The summed E-state index contributed by atoms with van der Waals surface area (Å²) in [5.41, 5.74) is 1.31. The summed E-state index contributed by atoms with van der Waals surface area (Å²) >= 11 is 0. The zero-order chi connectivity index (χ0) is 21.6. The first kappa shape index (κ1) is 20.0. The Morgan fingerprint density at radius 3 is 2.35 bits per heavy atom. The highest BCUT2D eigenvalue weighted by atomic mass is 19.4. The molecular weight excluding hydrogens is 405 g/mol. The van der Waals surface area contributed by atoms with E-state index < -0.39 is 11.7 Å². The van der Waals surface area contributed by atoms with Gasteiger partial charge >= 0.3 is 6.18 Å². The number of hydrogen-bond donors (Lipinski definition) is 2. The van der Waals surface area contributed by atoms with Crippen molar-refractivity contribution in [2.24, 2.45) is 11.3 Å². The molecule has 1 heterocycles. The van der Waals surface area contributed by atoms with Gasteiger partial charge in [-0.25, -0.2) is 0 Å². The molecule has 3 aromatic rings. The molecule has 0 radical (unpaired) electrons. The molecule has 0 saturated heterocycles. The van der Waals surface area contributed by atoms with Crippen LogP contribution in [0.3, 0.4) is 0 Å². The van der Waals surface area contributed by atoms with Crippen molar-refractivity contribution in [1.29, 1.82) is 0 Å². The zero-order valence-electron chi connectivity index (χ0n) is 16.8. The lowest BCUT2D eigenvalue weighted by Gasteiger charge is -2.26. The third kappa shape index (κ3) is 4.01. The van der Waals surface area contributed by atoms with Crippen LogP contribution in [0.1, 0.15) is 37.7 Å². The first-order valence-electron chi connectivity index (χ1n) is 10.6. The van der Waals surface area contributed by atoms with Crippen LogP contribution in [0.15, 0.2) is 54.7 Å². The van der Waals surface area contributed by atoms with E-state index in [4.69, 9.17) is 4.74 Å². The van der Waals surface area contributed by atoms with Crippen LogP contribution >= 0.6 is 0 Å². The molecule has 4 nitrogen and oxygen atoms in total.